The number of hydrogen-bond acceptors (Lipinski definition) is 0. The topological polar surface area (TPSA) is 20.1 Å². The zero-order chi connectivity index (χ0) is 23.6. The van der Waals surface area contributed by atoms with Crippen LogP contribution in [0.4, 0.5) is 27.1 Å². The second-order valence-corrected chi connectivity index (χ2v) is 8.22. The van der Waals surface area contributed by atoms with Crippen LogP contribution < -0.4 is 14.1 Å². The molecule has 0 amide bonds. The van der Waals surface area contributed by atoms with Gasteiger partial charge in [0.2, 0.25) is 11.4 Å². The average Bonchev–Trinajstić information content (AvgIpc) is 3.49. The van der Waals surface area contributed by atoms with Gasteiger partial charge in [-0.2, -0.15) is 0 Å². The van der Waals surface area contributed by atoms with Crippen molar-refractivity contribution < 1.29 is 26.8 Å². The zero-order valence-electron chi connectivity index (χ0n) is 19.1. The molecule has 176 valence electrons. The summed E-state index contributed by atoms with van der Waals surface area (Å²) in [5, 5.41) is 1.91. The van der Waals surface area contributed by atoms with E-state index in [-0.39, 0.29) is 28.2 Å². The molecule has 5 aromatic carbocycles. The van der Waals surface area contributed by atoms with E-state index < -0.39 is 0 Å². The molecule has 1 aromatic heterocycles. The van der Waals surface area contributed by atoms with Crippen LogP contribution in [0.15, 0.2) is 127 Å². The number of fused-ring (bicyclic) bond motifs is 4. The Morgan fingerprint density at radius 2 is 1.03 bits per heavy atom. The first-order valence-electron chi connectivity index (χ1n) is 11.4. The fourth-order valence-corrected chi connectivity index (χ4v) is 4.35. The van der Waals surface area contributed by atoms with Crippen LogP contribution in [0, 0.1) is 5.82 Å². The molecule has 0 saturated heterocycles. The molecule has 0 saturated carbocycles. The van der Waals surface area contributed by atoms with Crippen molar-refractivity contribution in [1.82, 2.24) is 14.1 Å². The second kappa shape index (κ2) is 10.3. The van der Waals surface area contributed by atoms with Gasteiger partial charge in [0.05, 0.1) is 0 Å². The van der Waals surface area contributed by atoms with E-state index >= 15 is 0 Å². The van der Waals surface area contributed by atoms with Crippen molar-refractivity contribution >= 4 is 50.6 Å². The Kier molecular flexibility index (Phi) is 6.77. The molecule has 0 aliphatic carbocycles. The minimum atomic E-state index is -0.212. The monoisotopic (exact) mass is 651 g/mol. The van der Waals surface area contributed by atoms with Gasteiger partial charge < -0.3 is 4.98 Å². The van der Waals surface area contributed by atoms with E-state index in [0.29, 0.717) is 0 Å². The molecule has 36 heavy (non-hydrogen) atoms. The molecule has 0 N–H and O–H groups in total. The molecule has 7 rings (SSSR count). The Morgan fingerprint density at radius 1 is 0.528 bits per heavy atom. The summed E-state index contributed by atoms with van der Waals surface area (Å²) in [7, 11) is 0. The molecule has 6 aromatic rings. The Morgan fingerprint density at radius 3 is 1.64 bits per heavy atom. The average molecular weight is 651 g/mol. The molecule has 3 nitrogen and oxygen atoms in total. The number of rotatable bonds is 2. The Bertz CT molecular complexity index is 1660. The zero-order valence-corrected chi connectivity index (χ0v) is 21.3. The first-order chi connectivity index (χ1) is 17.3. The van der Waals surface area contributed by atoms with Crippen LogP contribution in [0.5, 0.6) is 0 Å². The van der Waals surface area contributed by atoms with Crippen molar-refractivity contribution in [3.05, 3.63) is 133 Å². The first kappa shape index (κ1) is 23.7. The molecule has 5 heteroatoms. The molecule has 0 atom stereocenters. The van der Waals surface area contributed by atoms with Crippen LogP contribution in [0.2, 0.25) is 0 Å². The SMILES string of the molecule is C1=[N+](c2ccccc2)c2ccccc2[N+]=1c1ccccc1.Fc1ccc2[n-]c3ccccc3c2c1.[Au+]. The molecule has 2 heterocycles. The summed E-state index contributed by atoms with van der Waals surface area (Å²) >= 11 is 0. The predicted octanol–water partition coefficient (Wildman–Crippen LogP) is 7.63. The Labute approximate surface area is 224 Å². The molecule has 0 radical (unpaired) electrons. The molecule has 1 aliphatic heterocycles. The summed E-state index contributed by atoms with van der Waals surface area (Å²) < 4.78 is 17.2. The van der Waals surface area contributed by atoms with Gasteiger partial charge in [0, 0.05) is 36.4 Å². The summed E-state index contributed by atoms with van der Waals surface area (Å²) in [6.45, 7) is 0. The normalized spacial score (nSPS) is 11.7. The van der Waals surface area contributed by atoms with E-state index in [4.69, 9.17) is 0 Å². The summed E-state index contributed by atoms with van der Waals surface area (Å²) in [6, 6.07) is 44.9. The molecular weight excluding hydrogens is 630 g/mol. The van der Waals surface area contributed by atoms with Crippen LogP contribution in [0.1, 0.15) is 0 Å². The van der Waals surface area contributed by atoms with E-state index in [0.717, 1.165) is 44.6 Å². The molecule has 0 unspecified atom stereocenters. The van der Waals surface area contributed by atoms with Crippen LogP contribution in [0.3, 0.4) is 0 Å². The first-order valence-corrected chi connectivity index (χ1v) is 11.4. The van der Waals surface area contributed by atoms with E-state index in [1.807, 2.05) is 60.7 Å². The largest absolute Gasteiger partial charge is 1.00 e. The summed E-state index contributed by atoms with van der Waals surface area (Å²) in [5.74, 6) is -0.212. The fraction of sp³-hybridized carbons (Fsp3) is 0. The van der Waals surface area contributed by atoms with E-state index in [9.17, 15) is 4.39 Å². The third kappa shape index (κ3) is 4.47. The van der Waals surface area contributed by atoms with Gasteiger partial charge in [-0.1, -0.05) is 78.9 Å². The molecule has 0 bridgehead atoms. The number of nitrogens with zero attached hydrogens (tertiary/aromatic N) is 3. The summed E-state index contributed by atoms with van der Waals surface area (Å²) in [4.78, 5) is 4.39. The third-order valence-electron chi connectivity index (χ3n) is 5.99. The minimum absolute atomic E-state index is 0. The van der Waals surface area contributed by atoms with Crippen molar-refractivity contribution in [2.75, 3.05) is 0 Å². The van der Waals surface area contributed by atoms with Gasteiger partial charge in [-0.25, -0.2) is 4.39 Å². The smallest absolute Gasteiger partial charge is 0.657 e. The van der Waals surface area contributed by atoms with Crippen LogP contribution in [-0.4, -0.2) is 6.01 Å². The van der Waals surface area contributed by atoms with Gasteiger partial charge >= 0.3 is 28.4 Å². The van der Waals surface area contributed by atoms with E-state index in [1.165, 1.54) is 12.1 Å². The van der Waals surface area contributed by atoms with Crippen molar-refractivity contribution in [2.45, 2.75) is 0 Å². The Hall–Kier alpha value is -4.05. The van der Waals surface area contributed by atoms with Gasteiger partial charge in [-0.15, -0.1) is 11.0 Å². The molecule has 1 aliphatic rings. The number of halogens is 1. The van der Waals surface area contributed by atoms with Crippen LogP contribution in [-0.2, 0) is 22.4 Å². The maximum atomic E-state index is 13.0. The van der Waals surface area contributed by atoms with E-state index in [2.05, 4.69) is 68.7 Å². The van der Waals surface area contributed by atoms with Crippen LogP contribution in [0.25, 0.3) is 21.8 Å². The fourth-order valence-electron chi connectivity index (χ4n) is 4.35. The number of hydrogen-bond donors (Lipinski definition) is 0. The van der Waals surface area contributed by atoms with Gasteiger partial charge in [-0.05, 0) is 32.1 Å². The number of para-hydroxylation sites is 5. The second-order valence-electron chi connectivity index (χ2n) is 8.22. The maximum Gasteiger partial charge on any atom is 1.00 e. The minimum Gasteiger partial charge on any atom is -0.657 e. The standard InChI is InChI=1S/C19H14N2.C12H7FN.Au/c1-3-9-16(10-4-1)20-15-21(17-11-5-2-6-12-17)19-14-8-7-13-18(19)20;13-8-5-6-12-10(7-8)9-3-1-2-4-11(9)14-12;/h1-14H;1-7H;/q+2;-1;+1. The molecule has 0 spiro atoms. The van der Waals surface area contributed by atoms with Crippen molar-refractivity contribution in [2.24, 2.45) is 0 Å². The predicted molar refractivity (Wildman–Crippen MR) is 142 cm³/mol. The number of benzene rings is 5. The van der Waals surface area contributed by atoms with Gasteiger partial charge in [0.1, 0.15) is 5.82 Å². The third-order valence-corrected chi connectivity index (χ3v) is 5.99. The van der Waals surface area contributed by atoms with Gasteiger partial charge in [0.15, 0.2) is 0 Å². The van der Waals surface area contributed by atoms with Gasteiger partial charge in [0.25, 0.3) is 11.4 Å². The van der Waals surface area contributed by atoms with Gasteiger partial charge in [-0.3, -0.25) is 0 Å². The maximum absolute atomic E-state index is 13.0. The van der Waals surface area contributed by atoms with Crippen LogP contribution >= 0.6 is 0 Å². The van der Waals surface area contributed by atoms with Crippen molar-refractivity contribution in [3.63, 3.8) is 0 Å². The number of aromatic nitrogens is 1. The molecular formula is C31H21AuFN3+2. The summed E-state index contributed by atoms with van der Waals surface area (Å²) in [5.41, 5.74) is 6.30. The van der Waals surface area contributed by atoms with Crippen molar-refractivity contribution in [1.29, 1.82) is 0 Å². The van der Waals surface area contributed by atoms with E-state index in [1.54, 1.807) is 6.07 Å². The quantitative estimate of drug-likeness (QED) is 0.139. The van der Waals surface area contributed by atoms with Crippen molar-refractivity contribution in [3.8, 4) is 0 Å². The molecule has 0 fully saturated rings. The Balaban J connectivity index is 0.000000155. The summed E-state index contributed by atoms with van der Waals surface area (Å²) in [6.07, 6.45) is 0.